The lowest BCUT2D eigenvalue weighted by Crippen LogP contribution is -2.31. The molecule has 5 aromatic rings. The molecule has 1 aliphatic heterocycles. The molecule has 0 unspecified atom stereocenters. The molecule has 0 saturated carbocycles. The van der Waals surface area contributed by atoms with Crippen molar-refractivity contribution < 1.29 is 0 Å². The summed E-state index contributed by atoms with van der Waals surface area (Å²) < 4.78 is 3.62. The monoisotopic (exact) mass is 537 g/mol. The number of fused-ring (bicyclic) bond motifs is 1. The molecular formula is C29H28ClN9. The van der Waals surface area contributed by atoms with Gasteiger partial charge in [0.1, 0.15) is 23.0 Å². The van der Waals surface area contributed by atoms with E-state index in [1.807, 2.05) is 47.5 Å². The molecule has 39 heavy (non-hydrogen) atoms. The lowest BCUT2D eigenvalue weighted by molar-refractivity contribution is 0.532. The lowest BCUT2D eigenvalue weighted by Gasteiger charge is -2.24. The molecular weight excluding hydrogens is 510 g/mol. The van der Waals surface area contributed by atoms with Gasteiger partial charge in [-0.2, -0.15) is 15.5 Å². The third-order valence-corrected chi connectivity index (χ3v) is 7.33. The Labute approximate surface area is 231 Å². The van der Waals surface area contributed by atoms with Crippen molar-refractivity contribution in [2.45, 2.75) is 26.3 Å². The summed E-state index contributed by atoms with van der Waals surface area (Å²) in [6.07, 6.45) is 10.1. The predicted molar refractivity (Wildman–Crippen MR) is 153 cm³/mol. The molecule has 1 aromatic carbocycles. The number of anilines is 2. The highest BCUT2D eigenvalue weighted by atomic mass is 35.5. The fraction of sp³-hybridized carbons (Fsp3) is 0.276. The van der Waals surface area contributed by atoms with E-state index in [9.17, 15) is 5.26 Å². The van der Waals surface area contributed by atoms with E-state index in [-0.39, 0.29) is 6.04 Å². The van der Waals surface area contributed by atoms with E-state index >= 15 is 0 Å². The average Bonchev–Trinajstić information content (AvgIpc) is 3.55. The van der Waals surface area contributed by atoms with Crippen LogP contribution in [-0.2, 0) is 0 Å². The molecule has 196 valence electrons. The average molecular weight is 538 g/mol. The second-order valence-electron chi connectivity index (χ2n) is 9.95. The molecule has 1 fully saturated rings. The number of rotatable bonds is 5. The summed E-state index contributed by atoms with van der Waals surface area (Å²) in [7, 11) is 0. The molecule has 5 heterocycles. The van der Waals surface area contributed by atoms with E-state index in [0.29, 0.717) is 16.8 Å². The zero-order chi connectivity index (χ0) is 26.9. The van der Waals surface area contributed by atoms with Gasteiger partial charge in [-0.15, -0.1) is 0 Å². The van der Waals surface area contributed by atoms with Gasteiger partial charge in [-0.25, -0.2) is 14.5 Å². The van der Waals surface area contributed by atoms with Crippen molar-refractivity contribution in [1.82, 2.24) is 29.4 Å². The van der Waals surface area contributed by atoms with E-state index < -0.39 is 0 Å². The van der Waals surface area contributed by atoms with Crippen LogP contribution >= 0.6 is 11.6 Å². The molecule has 0 aliphatic carbocycles. The summed E-state index contributed by atoms with van der Waals surface area (Å²) in [5.74, 6) is 0.927. The number of nitriles is 1. The van der Waals surface area contributed by atoms with E-state index in [4.69, 9.17) is 21.6 Å². The van der Waals surface area contributed by atoms with Gasteiger partial charge in [0.15, 0.2) is 0 Å². The Morgan fingerprint density at radius 2 is 1.67 bits per heavy atom. The quantitative estimate of drug-likeness (QED) is 0.293. The van der Waals surface area contributed by atoms with Crippen LogP contribution in [0.5, 0.6) is 0 Å². The second kappa shape index (κ2) is 10.4. The smallest absolute Gasteiger partial charge is 0.128 e. The minimum atomic E-state index is 0.242. The molecule has 0 radical (unpaired) electrons. The Bertz CT molecular complexity index is 1650. The number of hydrogen-bond donors (Lipinski definition) is 0. The van der Waals surface area contributed by atoms with Gasteiger partial charge in [0, 0.05) is 66.5 Å². The van der Waals surface area contributed by atoms with Crippen molar-refractivity contribution in [2.75, 3.05) is 36.0 Å². The first-order valence-electron chi connectivity index (χ1n) is 13.0. The van der Waals surface area contributed by atoms with Crippen molar-refractivity contribution in [3.05, 3.63) is 78.0 Å². The van der Waals surface area contributed by atoms with Gasteiger partial charge in [-0.05, 0) is 56.7 Å². The SMILES string of the molecule is CC(C)n1cc(-c2cn3ncc(C#N)c3c(-c3ccc(N4CCCN(c5ccc(Cl)cc5)CC4)nc3)n2)cn1. The molecule has 0 spiro atoms. The Balaban J connectivity index is 1.29. The molecule has 0 amide bonds. The first-order valence-corrected chi connectivity index (χ1v) is 13.4. The van der Waals surface area contributed by atoms with E-state index in [1.165, 1.54) is 5.69 Å². The van der Waals surface area contributed by atoms with Crippen molar-refractivity contribution in [3.8, 4) is 28.6 Å². The summed E-state index contributed by atoms with van der Waals surface area (Å²) in [4.78, 5) is 14.5. The minimum Gasteiger partial charge on any atom is -0.370 e. The molecule has 9 nitrogen and oxygen atoms in total. The summed E-state index contributed by atoms with van der Waals surface area (Å²) in [6.45, 7) is 7.84. The third kappa shape index (κ3) is 4.91. The first-order chi connectivity index (χ1) is 19.0. The Morgan fingerprint density at radius 1 is 0.872 bits per heavy atom. The van der Waals surface area contributed by atoms with E-state index in [0.717, 1.165) is 60.3 Å². The van der Waals surface area contributed by atoms with Crippen LogP contribution in [0.3, 0.4) is 0 Å². The third-order valence-electron chi connectivity index (χ3n) is 7.08. The Morgan fingerprint density at radius 3 is 2.38 bits per heavy atom. The van der Waals surface area contributed by atoms with E-state index in [2.05, 4.69) is 52.0 Å². The van der Waals surface area contributed by atoms with Crippen molar-refractivity contribution in [2.24, 2.45) is 0 Å². The number of nitrogens with zero attached hydrogens (tertiary/aromatic N) is 9. The molecule has 0 bridgehead atoms. The number of hydrogen-bond acceptors (Lipinski definition) is 7. The zero-order valence-electron chi connectivity index (χ0n) is 21.9. The normalized spacial score (nSPS) is 14.1. The van der Waals surface area contributed by atoms with Gasteiger partial charge >= 0.3 is 0 Å². The van der Waals surface area contributed by atoms with Gasteiger partial charge in [0.25, 0.3) is 0 Å². The largest absolute Gasteiger partial charge is 0.370 e. The highest BCUT2D eigenvalue weighted by molar-refractivity contribution is 6.30. The number of pyridine rings is 1. The van der Waals surface area contributed by atoms with Crippen LogP contribution in [0.25, 0.3) is 28.0 Å². The van der Waals surface area contributed by atoms with Crippen LogP contribution in [0.15, 0.2) is 67.4 Å². The maximum absolute atomic E-state index is 9.73. The van der Waals surface area contributed by atoms with Gasteiger partial charge in [0.05, 0.1) is 30.0 Å². The van der Waals surface area contributed by atoms with Crippen molar-refractivity contribution >= 4 is 28.6 Å². The topological polar surface area (TPSA) is 91.2 Å². The highest BCUT2D eigenvalue weighted by Crippen LogP contribution is 2.30. The predicted octanol–water partition coefficient (Wildman–Crippen LogP) is 5.48. The molecule has 0 N–H and O–H groups in total. The first kappa shape index (κ1) is 24.9. The Hall–Kier alpha value is -4.42. The maximum atomic E-state index is 9.73. The molecule has 0 atom stereocenters. The summed E-state index contributed by atoms with van der Waals surface area (Å²) >= 11 is 6.07. The number of halogens is 1. The van der Waals surface area contributed by atoms with Crippen LogP contribution in [0.2, 0.25) is 5.02 Å². The zero-order valence-corrected chi connectivity index (χ0v) is 22.6. The van der Waals surface area contributed by atoms with Crippen LogP contribution in [0.1, 0.15) is 31.9 Å². The summed E-state index contributed by atoms with van der Waals surface area (Å²) in [5, 5.41) is 19.4. The lowest BCUT2D eigenvalue weighted by atomic mass is 10.1. The van der Waals surface area contributed by atoms with Crippen molar-refractivity contribution in [3.63, 3.8) is 0 Å². The molecule has 1 aliphatic rings. The van der Waals surface area contributed by atoms with Crippen LogP contribution in [0, 0.1) is 11.3 Å². The number of aromatic nitrogens is 6. The summed E-state index contributed by atoms with van der Waals surface area (Å²) in [6, 6.07) is 14.6. The van der Waals surface area contributed by atoms with Gasteiger partial charge in [-0.3, -0.25) is 4.68 Å². The molecule has 10 heteroatoms. The number of benzene rings is 1. The fourth-order valence-corrected chi connectivity index (χ4v) is 5.09. The van der Waals surface area contributed by atoms with Gasteiger partial charge in [0.2, 0.25) is 0 Å². The van der Waals surface area contributed by atoms with Crippen molar-refractivity contribution in [1.29, 1.82) is 5.26 Å². The molecule has 1 saturated heterocycles. The fourth-order valence-electron chi connectivity index (χ4n) is 4.96. The van der Waals surface area contributed by atoms with Crippen LogP contribution < -0.4 is 9.80 Å². The van der Waals surface area contributed by atoms with Gasteiger partial charge in [-0.1, -0.05) is 11.6 Å². The Kier molecular flexibility index (Phi) is 6.63. The minimum absolute atomic E-state index is 0.242. The standard InChI is InChI=1S/C29H28ClN9/c1-20(2)38-18-23(17-33-38)26-19-39-29(22(14-31)16-34-39)28(35-26)21-4-9-27(32-15-21)37-11-3-10-36(12-13-37)25-7-5-24(30)6-8-25/h4-9,15-20H,3,10-13H2,1-2H3. The molecule has 4 aromatic heterocycles. The summed E-state index contributed by atoms with van der Waals surface area (Å²) in [5.41, 5.74) is 5.45. The van der Waals surface area contributed by atoms with Gasteiger partial charge < -0.3 is 9.80 Å². The van der Waals surface area contributed by atoms with Crippen LogP contribution in [-0.4, -0.2) is 55.5 Å². The molecule has 6 rings (SSSR count). The van der Waals surface area contributed by atoms with E-state index in [1.54, 1.807) is 16.9 Å². The second-order valence-corrected chi connectivity index (χ2v) is 10.4. The maximum Gasteiger partial charge on any atom is 0.128 e. The van der Waals surface area contributed by atoms with Crippen LogP contribution in [0.4, 0.5) is 11.5 Å². The highest BCUT2D eigenvalue weighted by Gasteiger charge is 2.19.